The summed E-state index contributed by atoms with van der Waals surface area (Å²) in [4.78, 5) is 11.5. The van der Waals surface area contributed by atoms with E-state index in [4.69, 9.17) is 5.73 Å². The fourth-order valence-corrected chi connectivity index (χ4v) is 2.82. The van der Waals surface area contributed by atoms with Gasteiger partial charge in [0.2, 0.25) is 5.95 Å². The molecule has 0 amide bonds. The molecule has 3 rings (SSSR count). The van der Waals surface area contributed by atoms with Gasteiger partial charge in [-0.05, 0) is 44.4 Å². The van der Waals surface area contributed by atoms with E-state index in [1.165, 1.54) is 11.3 Å². The minimum absolute atomic E-state index is 0.400. The standard InChI is InChI=1S/C16H20N4/c1-11-9-14(10-17)19-16(18-11)20-12(2)7-8-13-5-3-4-6-15(13)20/h3-6,9,12H,7-8,10,17H2,1-2H3. The number of anilines is 2. The number of hydrogen-bond acceptors (Lipinski definition) is 4. The molecule has 0 radical (unpaired) electrons. The van der Waals surface area contributed by atoms with Gasteiger partial charge in [-0.1, -0.05) is 18.2 Å². The highest BCUT2D eigenvalue weighted by Crippen LogP contribution is 2.34. The van der Waals surface area contributed by atoms with Crippen LogP contribution in [0.3, 0.4) is 0 Å². The maximum absolute atomic E-state index is 5.74. The van der Waals surface area contributed by atoms with E-state index in [-0.39, 0.29) is 0 Å². The Bertz CT molecular complexity index is 624. The van der Waals surface area contributed by atoms with Crippen molar-refractivity contribution in [2.75, 3.05) is 4.90 Å². The zero-order chi connectivity index (χ0) is 14.1. The Labute approximate surface area is 119 Å². The smallest absolute Gasteiger partial charge is 0.230 e. The van der Waals surface area contributed by atoms with Crippen molar-refractivity contribution in [1.82, 2.24) is 9.97 Å². The van der Waals surface area contributed by atoms with Crippen LogP contribution in [0.4, 0.5) is 11.6 Å². The van der Waals surface area contributed by atoms with Gasteiger partial charge in [0.1, 0.15) is 0 Å². The summed E-state index contributed by atoms with van der Waals surface area (Å²) in [5.41, 5.74) is 10.2. The van der Waals surface area contributed by atoms with Crippen LogP contribution in [-0.2, 0) is 13.0 Å². The van der Waals surface area contributed by atoms with Gasteiger partial charge in [0.25, 0.3) is 0 Å². The van der Waals surface area contributed by atoms with Crippen LogP contribution in [0.5, 0.6) is 0 Å². The first-order valence-electron chi connectivity index (χ1n) is 7.11. The van der Waals surface area contributed by atoms with Crippen molar-refractivity contribution in [1.29, 1.82) is 0 Å². The third kappa shape index (κ3) is 2.27. The Morgan fingerprint density at radius 3 is 2.90 bits per heavy atom. The molecule has 0 saturated carbocycles. The van der Waals surface area contributed by atoms with Gasteiger partial charge in [-0.3, -0.25) is 0 Å². The minimum Gasteiger partial charge on any atom is -0.325 e. The third-order valence-corrected chi connectivity index (χ3v) is 3.84. The average Bonchev–Trinajstić information content (AvgIpc) is 2.46. The lowest BCUT2D eigenvalue weighted by Gasteiger charge is -2.35. The van der Waals surface area contributed by atoms with Crippen molar-refractivity contribution in [3.8, 4) is 0 Å². The van der Waals surface area contributed by atoms with E-state index in [9.17, 15) is 0 Å². The Balaban J connectivity index is 2.11. The number of rotatable bonds is 2. The molecule has 0 spiro atoms. The van der Waals surface area contributed by atoms with Crippen LogP contribution in [0.25, 0.3) is 0 Å². The topological polar surface area (TPSA) is 55.0 Å². The molecule has 1 aromatic heterocycles. The zero-order valence-electron chi connectivity index (χ0n) is 12.0. The molecule has 104 valence electrons. The minimum atomic E-state index is 0.400. The van der Waals surface area contributed by atoms with Gasteiger partial charge < -0.3 is 10.6 Å². The molecule has 1 aliphatic heterocycles. The lowest BCUT2D eigenvalue weighted by Crippen LogP contribution is -2.34. The predicted octanol–water partition coefficient (Wildman–Crippen LogP) is 2.72. The number of aryl methyl sites for hydroxylation is 2. The van der Waals surface area contributed by atoms with Crippen LogP contribution in [-0.4, -0.2) is 16.0 Å². The average molecular weight is 268 g/mol. The Kier molecular flexibility index (Phi) is 3.40. The van der Waals surface area contributed by atoms with Gasteiger partial charge in [-0.15, -0.1) is 0 Å². The second-order valence-corrected chi connectivity index (χ2v) is 5.39. The fourth-order valence-electron chi connectivity index (χ4n) is 2.82. The van der Waals surface area contributed by atoms with Crippen LogP contribution in [0, 0.1) is 6.92 Å². The predicted molar refractivity (Wildman–Crippen MR) is 81.0 cm³/mol. The Morgan fingerprint density at radius 1 is 1.30 bits per heavy atom. The molecule has 1 atom stereocenters. The number of para-hydroxylation sites is 1. The van der Waals surface area contributed by atoms with Crippen molar-refractivity contribution < 1.29 is 0 Å². The Morgan fingerprint density at radius 2 is 2.10 bits per heavy atom. The van der Waals surface area contributed by atoms with Crippen molar-refractivity contribution in [3.63, 3.8) is 0 Å². The first-order chi connectivity index (χ1) is 9.69. The SMILES string of the molecule is Cc1cc(CN)nc(N2c3ccccc3CCC2C)n1. The molecule has 1 aromatic carbocycles. The summed E-state index contributed by atoms with van der Waals surface area (Å²) >= 11 is 0. The van der Waals surface area contributed by atoms with Gasteiger partial charge in [-0.2, -0.15) is 0 Å². The van der Waals surface area contributed by atoms with Gasteiger partial charge in [0.15, 0.2) is 0 Å². The molecule has 4 nitrogen and oxygen atoms in total. The number of aromatic nitrogens is 2. The first kappa shape index (κ1) is 13.1. The zero-order valence-corrected chi connectivity index (χ0v) is 12.0. The van der Waals surface area contributed by atoms with Crippen molar-refractivity contribution in [3.05, 3.63) is 47.3 Å². The maximum Gasteiger partial charge on any atom is 0.230 e. The van der Waals surface area contributed by atoms with Crippen molar-refractivity contribution >= 4 is 11.6 Å². The van der Waals surface area contributed by atoms with Gasteiger partial charge in [0.05, 0.1) is 5.69 Å². The molecular weight excluding hydrogens is 248 g/mol. The van der Waals surface area contributed by atoms with Crippen LogP contribution in [0.15, 0.2) is 30.3 Å². The molecule has 0 saturated heterocycles. The molecule has 4 heteroatoms. The van der Waals surface area contributed by atoms with E-state index in [0.717, 1.165) is 30.2 Å². The van der Waals surface area contributed by atoms with E-state index < -0.39 is 0 Å². The second-order valence-electron chi connectivity index (χ2n) is 5.39. The number of nitrogens with zero attached hydrogens (tertiary/aromatic N) is 3. The highest BCUT2D eigenvalue weighted by Gasteiger charge is 2.26. The monoisotopic (exact) mass is 268 g/mol. The van der Waals surface area contributed by atoms with Crippen LogP contribution in [0.2, 0.25) is 0 Å². The summed E-state index contributed by atoms with van der Waals surface area (Å²) in [5.74, 6) is 0.769. The fraction of sp³-hybridized carbons (Fsp3) is 0.375. The van der Waals surface area contributed by atoms with Gasteiger partial charge in [-0.25, -0.2) is 9.97 Å². The molecular formula is C16H20N4. The largest absolute Gasteiger partial charge is 0.325 e. The summed E-state index contributed by atoms with van der Waals surface area (Å²) in [6, 6.07) is 10.9. The molecule has 2 aromatic rings. The molecule has 0 bridgehead atoms. The Hall–Kier alpha value is -1.94. The summed E-state index contributed by atoms with van der Waals surface area (Å²) in [6.45, 7) is 4.66. The quantitative estimate of drug-likeness (QED) is 0.910. The van der Waals surface area contributed by atoms with E-state index in [1.54, 1.807) is 0 Å². The second kappa shape index (κ2) is 5.21. The molecule has 20 heavy (non-hydrogen) atoms. The summed E-state index contributed by atoms with van der Waals surface area (Å²) < 4.78 is 0. The number of hydrogen-bond donors (Lipinski definition) is 1. The van der Waals surface area contributed by atoms with Gasteiger partial charge >= 0.3 is 0 Å². The summed E-state index contributed by atoms with van der Waals surface area (Å²) in [5, 5.41) is 0. The van der Waals surface area contributed by atoms with Crippen molar-refractivity contribution in [2.24, 2.45) is 5.73 Å². The molecule has 0 aliphatic carbocycles. The number of nitrogens with two attached hydrogens (primary N) is 1. The molecule has 2 heterocycles. The van der Waals surface area contributed by atoms with E-state index >= 15 is 0 Å². The first-order valence-corrected chi connectivity index (χ1v) is 7.11. The van der Waals surface area contributed by atoms with Crippen molar-refractivity contribution in [2.45, 2.75) is 39.3 Å². The normalized spacial score (nSPS) is 17.9. The third-order valence-electron chi connectivity index (χ3n) is 3.84. The maximum atomic E-state index is 5.74. The molecule has 0 fully saturated rings. The molecule has 2 N–H and O–H groups in total. The molecule has 1 aliphatic rings. The number of fused-ring (bicyclic) bond motifs is 1. The summed E-state index contributed by atoms with van der Waals surface area (Å²) in [7, 11) is 0. The molecule has 1 unspecified atom stereocenters. The van der Waals surface area contributed by atoms with Crippen LogP contribution >= 0.6 is 0 Å². The lowest BCUT2D eigenvalue weighted by molar-refractivity contribution is 0.606. The highest BCUT2D eigenvalue weighted by atomic mass is 15.3. The van der Waals surface area contributed by atoms with E-state index in [1.807, 2.05) is 13.0 Å². The number of benzene rings is 1. The van der Waals surface area contributed by atoms with Crippen LogP contribution < -0.4 is 10.6 Å². The van der Waals surface area contributed by atoms with E-state index in [0.29, 0.717) is 12.6 Å². The summed E-state index contributed by atoms with van der Waals surface area (Å²) in [6.07, 6.45) is 2.23. The highest BCUT2D eigenvalue weighted by molar-refractivity contribution is 5.64. The van der Waals surface area contributed by atoms with Crippen LogP contribution in [0.1, 0.15) is 30.3 Å². The van der Waals surface area contributed by atoms with E-state index in [2.05, 4.69) is 46.1 Å². The lowest BCUT2D eigenvalue weighted by atomic mass is 9.97. The van der Waals surface area contributed by atoms with Gasteiger partial charge in [0, 0.05) is 24.0 Å².